The summed E-state index contributed by atoms with van der Waals surface area (Å²) in [6.45, 7) is 4.55. The summed E-state index contributed by atoms with van der Waals surface area (Å²) in [6, 6.07) is 0. The lowest BCUT2D eigenvalue weighted by Crippen LogP contribution is -2.40. The Morgan fingerprint density at radius 3 is 2.62 bits per heavy atom. The Morgan fingerprint density at radius 1 is 1.08 bits per heavy atom. The lowest BCUT2D eigenvalue weighted by molar-refractivity contribution is -0.0837. The molecule has 0 bridgehead atoms. The molecule has 1 unspecified atom stereocenters. The second kappa shape index (κ2) is 6.86. The maximum absolute atomic E-state index is 5.75. The molecule has 0 aliphatic carbocycles. The Labute approximate surface area is 139 Å². The van der Waals surface area contributed by atoms with Crippen LogP contribution in [0.25, 0.3) is 11.3 Å². The van der Waals surface area contributed by atoms with Crippen LogP contribution in [0.1, 0.15) is 19.3 Å². The van der Waals surface area contributed by atoms with Crippen molar-refractivity contribution in [2.24, 2.45) is 0 Å². The molecule has 0 saturated carbocycles. The fourth-order valence-corrected chi connectivity index (χ4v) is 3.23. The van der Waals surface area contributed by atoms with Gasteiger partial charge in [0.1, 0.15) is 0 Å². The number of aromatic nitrogens is 4. The normalized spacial score (nSPS) is 22.0. The van der Waals surface area contributed by atoms with Crippen LogP contribution in [0.15, 0.2) is 4.63 Å². The van der Waals surface area contributed by atoms with Crippen LogP contribution < -0.4 is 9.80 Å². The van der Waals surface area contributed by atoms with Crippen LogP contribution in [-0.4, -0.2) is 72.9 Å². The summed E-state index contributed by atoms with van der Waals surface area (Å²) >= 11 is 0. The first-order valence-corrected chi connectivity index (χ1v) is 8.47. The van der Waals surface area contributed by atoms with Crippen molar-refractivity contribution in [3.63, 3.8) is 0 Å². The number of likely N-dealkylation sites (N-methyl/N-ethyl adjacent to an activating group) is 1. The predicted molar refractivity (Wildman–Crippen MR) is 87.3 cm³/mol. The van der Waals surface area contributed by atoms with Gasteiger partial charge in [0.05, 0.1) is 25.9 Å². The highest BCUT2D eigenvalue weighted by Gasteiger charge is 2.24. The van der Waals surface area contributed by atoms with Gasteiger partial charge in [-0.05, 0) is 29.6 Å². The molecule has 4 rings (SSSR count). The fraction of sp³-hybridized carbons (Fsp3) is 0.733. The number of rotatable bonds is 4. The number of hydrogen-bond donors (Lipinski definition) is 0. The molecule has 0 spiro atoms. The number of ether oxygens (including phenoxy) is 2. The van der Waals surface area contributed by atoms with Gasteiger partial charge in [-0.1, -0.05) is 0 Å². The molecule has 2 fully saturated rings. The van der Waals surface area contributed by atoms with Crippen molar-refractivity contribution < 1.29 is 14.1 Å². The molecule has 2 aliphatic rings. The number of nitrogens with zero attached hydrogens (tertiary/aromatic N) is 6. The lowest BCUT2D eigenvalue weighted by atomic mass is 10.1. The maximum Gasteiger partial charge on any atom is 0.245 e. The van der Waals surface area contributed by atoms with Crippen molar-refractivity contribution in [1.29, 1.82) is 0 Å². The third-order valence-electron chi connectivity index (χ3n) is 4.46. The van der Waals surface area contributed by atoms with Gasteiger partial charge in [-0.15, -0.1) is 0 Å². The maximum atomic E-state index is 5.75. The van der Waals surface area contributed by atoms with Crippen molar-refractivity contribution in [2.75, 3.05) is 56.3 Å². The van der Waals surface area contributed by atoms with Gasteiger partial charge in [-0.25, -0.2) is 14.6 Å². The second-order valence-corrected chi connectivity index (χ2v) is 6.28. The monoisotopic (exact) mass is 334 g/mol. The summed E-state index contributed by atoms with van der Waals surface area (Å²) in [6.07, 6.45) is 3.63. The molecule has 2 aliphatic heterocycles. The lowest BCUT2D eigenvalue weighted by Gasteiger charge is -2.32. The molecule has 2 aromatic heterocycles. The zero-order valence-corrected chi connectivity index (χ0v) is 13.8. The predicted octanol–water partition coefficient (Wildman–Crippen LogP) is 0.855. The highest BCUT2D eigenvalue weighted by Crippen LogP contribution is 2.29. The van der Waals surface area contributed by atoms with E-state index in [1.165, 1.54) is 19.3 Å². The van der Waals surface area contributed by atoms with Crippen LogP contribution >= 0.6 is 0 Å². The van der Waals surface area contributed by atoms with Crippen LogP contribution in [0.2, 0.25) is 0 Å². The largest absolute Gasteiger partial charge is 0.376 e. The van der Waals surface area contributed by atoms with Gasteiger partial charge < -0.3 is 19.3 Å². The Morgan fingerprint density at radius 2 is 1.88 bits per heavy atom. The minimum absolute atomic E-state index is 0.0332. The Bertz CT molecular complexity index is 681. The van der Waals surface area contributed by atoms with Gasteiger partial charge in [-0.2, -0.15) is 0 Å². The van der Waals surface area contributed by atoms with Crippen LogP contribution in [0.3, 0.4) is 0 Å². The topological polar surface area (TPSA) is 89.6 Å². The summed E-state index contributed by atoms with van der Waals surface area (Å²) in [5.74, 6) is 1.63. The molecule has 0 aromatic carbocycles. The van der Waals surface area contributed by atoms with E-state index in [-0.39, 0.29) is 6.10 Å². The molecule has 0 N–H and O–H groups in total. The summed E-state index contributed by atoms with van der Waals surface area (Å²) in [5.41, 5.74) is 0.878. The molecule has 9 heteroatoms. The van der Waals surface area contributed by atoms with Crippen molar-refractivity contribution >= 4 is 22.9 Å². The zero-order chi connectivity index (χ0) is 16.4. The third kappa shape index (κ3) is 3.13. The Balaban J connectivity index is 1.63. The molecule has 2 aromatic rings. The number of piperidine rings is 1. The second-order valence-electron chi connectivity index (χ2n) is 6.28. The number of fused-ring (bicyclic) bond motifs is 1. The summed E-state index contributed by atoms with van der Waals surface area (Å²) in [5, 5.41) is 7.67. The highest BCUT2D eigenvalue weighted by molar-refractivity contribution is 5.74. The average Bonchev–Trinajstić information content (AvgIpc) is 3.10. The van der Waals surface area contributed by atoms with E-state index in [4.69, 9.17) is 14.1 Å². The van der Waals surface area contributed by atoms with Crippen molar-refractivity contribution in [3.8, 4) is 0 Å². The third-order valence-corrected chi connectivity index (χ3v) is 4.46. The van der Waals surface area contributed by atoms with E-state index in [0.717, 1.165) is 24.7 Å². The highest BCUT2D eigenvalue weighted by atomic mass is 16.6. The van der Waals surface area contributed by atoms with Crippen molar-refractivity contribution in [2.45, 2.75) is 25.4 Å². The van der Waals surface area contributed by atoms with Gasteiger partial charge in [0.2, 0.25) is 11.3 Å². The van der Waals surface area contributed by atoms with Crippen LogP contribution in [0, 0.1) is 0 Å². The summed E-state index contributed by atoms with van der Waals surface area (Å²) in [7, 11) is 1.99. The first-order valence-electron chi connectivity index (χ1n) is 8.47. The first-order chi connectivity index (χ1) is 11.8. The van der Waals surface area contributed by atoms with Crippen LogP contribution in [0.5, 0.6) is 0 Å². The summed E-state index contributed by atoms with van der Waals surface area (Å²) in [4.78, 5) is 13.6. The SMILES string of the molecule is CN(CC1COCCO1)c1nc2nonc2nc1N1CCCCC1. The molecule has 24 heavy (non-hydrogen) atoms. The van der Waals surface area contributed by atoms with Gasteiger partial charge in [-0.3, -0.25) is 0 Å². The van der Waals surface area contributed by atoms with Gasteiger partial charge in [0.15, 0.2) is 11.6 Å². The Hall–Kier alpha value is -2.00. The molecule has 0 amide bonds. The minimum atomic E-state index is 0.0332. The standard InChI is InChI=1S/C15H22N6O3/c1-20(9-11-10-22-7-8-23-11)14-15(21-5-3-2-4-6-21)17-13-12(16-14)18-24-19-13/h11H,2-10H2,1H3. The number of hydrogen-bond acceptors (Lipinski definition) is 9. The van der Waals surface area contributed by atoms with Gasteiger partial charge >= 0.3 is 0 Å². The summed E-state index contributed by atoms with van der Waals surface area (Å²) < 4.78 is 16.0. The molecule has 4 heterocycles. The smallest absolute Gasteiger partial charge is 0.245 e. The average molecular weight is 334 g/mol. The van der Waals surface area contributed by atoms with Gasteiger partial charge in [0, 0.05) is 26.7 Å². The molecule has 9 nitrogen and oxygen atoms in total. The van der Waals surface area contributed by atoms with E-state index in [1.54, 1.807) is 0 Å². The van der Waals surface area contributed by atoms with E-state index in [2.05, 4.69) is 30.1 Å². The molecule has 2 saturated heterocycles. The van der Waals surface area contributed by atoms with E-state index in [1.807, 2.05) is 7.05 Å². The molecule has 130 valence electrons. The van der Waals surface area contributed by atoms with E-state index >= 15 is 0 Å². The Kier molecular flexibility index (Phi) is 4.44. The van der Waals surface area contributed by atoms with Crippen LogP contribution in [-0.2, 0) is 9.47 Å². The quantitative estimate of drug-likeness (QED) is 0.807. The molecule has 1 atom stereocenters. The van der Waals surface area contributed by atoms with E-state index in [0.29, 0.717) is 37.7 Å². The number of anilines is 2. The van der Waals surface area contributed by atoms with Crippen molar-refractivity contribution in [1.82, 2.24) is 20.3 Å². The fourth-order valence-electron chi connectivity index (χ4n) is 3.23. The minimum Gasteiger partial charge on any atom is -0.376 e. The van der Waals surface area contributed by atoms with E-state index < -0.39 is 0 Å². The molecular formula is C15H22N6O3. The molecule has 0 radical (unpaired) electrons. The first kappa shape index (κ1) is 15.5. The van der Waals surface area contributed by atoms with Crippen molar-refractivity contribution in [3.05, 3.63) is 0 Å². The zero-order valence-electron chi connectivity index (χ0n) is 13.8. The van der Waals surface area contributed by atoms with Gasteiger partial charge in [0.25, 0.3) is 0 Å². The van der Waals surface area contributed by atoms with E-state index in [9.17, 15) is 0 Å². The molecular weight excluding hydrogens is 312 g/mol. The van der Waals surface area contributed by atoms with Crippen LogP contribution in [0.4, 0.5) is 11.6 Å².